The number of imide groups is 1. The van der Waals surface area contributed by atoms with Crippen LogP contribution >= 0.6 is 0 Å². The first-order valence-corrected chi connectivity index (χ1v) is 43.6. The second kappa shape index (κ2) is 70.2. The van der Waals surface area contributed by atoms with E-state index in [2.05, 4.69) is 52.7 Å². The maximum absolute atomic E-state index is 14.4. The summed E-state index contributed by atoms with van der Waals surface area (Å²) in [6.07, 6.45) is 53.6. The number of carbonyl (C=O) groups is 10. The standard InChI is InChI=1S/C85H157N7O14/c1-6-9-12-15-18-21-30-35-40-46-53-71(81(99)86-60-63-106-65-64-105-62-59-76(93)87-69-75(85(103)104)91-78(95)56-49-43-38-33-28-26-24-25-27-29-34-39-44-51-58-80(97)98)67-88-82(100)72(54-47-41-36-31-22-19-16-13-10-7-2)68-89-83(101)74(55-48-42-37-32-23-20-17-14-11-8-3)90-77(94)57-50-45-52-61-92-79(96)66-73(70(4)5)84(92)102/h70-75H,6-69H2,1-5H3,(H,86,99)(H,87,93)(H,88,100)(H,89,101)(H,90,94)(H,91,95)(H,97,98)(H,103,104). The number of ether oxygens (including phenoxy) is 2. The number of hydrogen-bond donors (Lipinski definition) is 8. The maximum Gasteiger partial charge on any atom is 0.328 e. The first-order chi connectivity index (χ1) is 51.4. The molecule has 0 aromatic rings. The van der Waals surface area contributed by atoms with Gasteiger partial charge in [-0.1, -0.05) is 311 Å². The van der Waals surface area contributed by atoms with Gasteiger partial charge in [0.25, 0.3) is 0 Å². The van der Waals surface area contributed by atoms with Gasteiger partial charge in [0.15, 0.2) is 0 Å². The highest BCUT2D eigenvalue weighted by molar-refractivity contribution is 6.03. The summed E-state index contributed by atoms with van der Waals surface area (Å²) in [7, 11) is 0. The molecule has 0 aromatic heterocycles. The third kappa shape index (κ3) is 57.0. The Morgan fingerprint density at radius 3 is 1.14 bits per heavy atom. The molecule has 0 spiro atoms. The van der Waals surface area contributed by atoms with E-state index in [1.165, 1.54) is 159 Å². The number of nitrogens with zero attached hydrogens (tertiary/aromatic N) is 1. The molecule has 1 fully saturated rings. The van der Waals surface area contributed by atoms with Gasteiger partial charge < -0.3 is 51.6 Å². The molecule has 0 bridgehead atoms. The highest BCUT2D eigenvalue weighted by Crippen LogP contribution is 2.27. The smallest absolute Gasteiger partial charge is 0.328 e. The fourth-order valence-electron chi connectivity index (χ4n) is 14.0. The summed E-state index contributed by atoms with van der Waals surface area (Å²) in [5, 5.41) is 36.0. The molecular formula is C85H157N7O14. The van der Waals surface area contributed by atoms with E-state index in [1.54, 1.807) is 0 Å². The van der Waals surface area contributed by atoms with Gasteiger partial charge in [-0.05, 0) is 50.9 Å². The van der Waals surface area contributed by atoms with Crippen molar-refractivity contribution in [3.8, 4) is 0 Å². The molecule has 1 heterocycles. The Hall–Kier alpha value is -5.18. The summed E-state index contributed by atoms with van der Waals surface area (Å²) in [6, 6.07) is -2.02. The van der Waals surface area contributed by atoms with Crippen LogP contribution in [0.3, 0.4) is 0 Å². The Bertz CT molecular complexity index is 2270. The van der Waals surface area contributed by atoms with Crippen molar-refractivity contribution in [3.63, 3.8) is 0 Å². The fourth-order valence-corrected chi connectivity index (χ4v) is 14.0. The lowest BCUT2D eigenvalue weighted by atomic mass is 9.94. The Morgan fingerprint density at radius 2 is 0.736 bits per heavy atom. The van der Waals surface area contributed by atoms with Crippen molar-refractivity contribution in [2.75, 3.05) is 59.2 Å². The SMILES string of the molecule is CCCCCCCCCCCCC(CNC(=O)C(CCCCCCCCCCCC)CNC(=O)C(CCCCCCCCCCCC)NC(=O)CCCCCN1C(=O)CC(C(C)C)C1=O)C(=O)NCCOCCOCCC(=O)NCC(NC(=O)CCCCCCCCCCCCCCCCC(=O)O)C(=O)O. The molecule has 5 unspecified atom stereocenters. The zero-order valence-corrected chi connectivity index (χ0v) is 68.0. The van der Waals surface area contributed by atoms with Gasteiger partial charge in [0.2, 0.25) is 47.3 Å². The number of likely N-dealkylation sites (tertiary alicyclic amines) is 1. The minimum Gasteiger partial charge on any atom is -0.481 e. The number of amides is 8. The molecule has 1 aliphatic rings. The normalized spacial score (nSPS) is 14.1. The Kier molecular flexibility index (Phi) is 65.5. The van der Waals surface area contributed by atoms with Gasteiger partial charge in [0.1, 0.15) is 12.1 Å². The van der Waals surface area contributed by atoms with Gasteiger partial charge in [-0.25, -0.2) is 4.79 Å². The minimum absolute atomic E-state index is 0.0157. The predicted molar refractivity (Wildman–Crippen MR) is 426 cm³/mol. The molecule has 0 radical (unpaired) electrons. The monoisotopic (exact) mass is 1500 g/mol. The van der Waals surface area contributed by atoms with Crippen LogP contribution in [0.25, 0.3) is 0 Å². The minimum atomic E-state index is -1.25. The van der Waals surface area contributed by atoms with Gasteiger partial charge in [0, 0.05) is 70.7 Å². The molecule has 21 heteroatoms. The van der Waals surface area contributed by atoms with Crippen LogP contribution in [0, 0.1) is 23.7 Å². The average Bonchev–Trinajstić information content (AvgIpc) is 1.68. The Labute approximate surface area is 643 Å². The third-order valence-corrected chi connectivity index (χ3v) is 21.0. The first-order valence-electron chi connectivity index (χ1n) is 43.6. The zero-order valence-electron chi connectivity index (χ0n) is 68.0. The van der Waals surface area contributed by atoms with Gasteiger partial charge in [-0.15, -0.1) is 0 Å². The van der Waals surface area contributed by atoms with Crippen LogP contribution in [-0.4, -0.2) is 146 Å². The molecule has 1 rings (SSSR count). The number of unbranched alkanes of at least 4 members (excludes halogenated alkanes) is 42. The molecule has 21 nitrogen and oxygen atoms in total. The first kappa shape index (κ1) is 98.8. The van der Waals surface area contributed by atoms with Crippen molar-refractivity contribution in [2.45, 2.75) is 400 Å². The van der Waals surface area contributed by atoms with E-state index in [9.17, 15) is 53.1 Å². The second-order valence-corrected chi connectivity index (χ2v) is 31.0. The van der Waals surface area contributed by atoms with E-state index in [0.29, 0.717) is 51.5 Å². The maximum atomic E-state index is 14.4. The van der Waals surface area contributed by atoms with E-state index in [1.807, 2.05) is 13.8 Å². The third-order valence-electron chi connectivity index (χ3n) is 21.0. The summed E-state index contributed by atoms with van der Waals surface area (Å²) in [4.78, 5) is 131. The second-order valence-electron chi connectivity index (χ2n) is 31.0. The van der Waals surface area contributed by atoms with Crippen molar-refractivity contribution in [3.05, 3.63) is 0 Å². The largest absolute Gasteiger partial charge is 0.481 e. The summed E-state index contributed by atoms with van der Waals surface area (Å²) in [5.74, 6) is -5.09. The predicted octanol–water partition coefficient (Wildman–Crippen LogP) is 17.0. The lowest BCUT2D eigenvalue weighted by molar-refractivity contribution is -0.142. The highest BCUT2D eigenvalue weighted by Gasteiger charge is 2.39. The van der Waals surface area contributed by atoms with Crippen LogP contribution in [0.1, 0.15) is 388 Å². The highest BCUT2D eigenvalue weighted by atomic mass is 16.5. The van der Waals surface area contributed by atoms with Crippen molar-refractivity contribution in [1.29, 1.82) is 0 Å². The average molecular weight is 1500 g/mol. The van der Waals surface area contributed by atoms with Crippen molar-refractivity contribution < 1.29 is 67.6 Å². The van der Waals surface area contributed by atoms with Crippen LogP contribution in [0.4, 0.5) is 0 Å². The number of nitrogens with one attached hydrogen (secondary N) is 6. The lowest BCUT2D eigenvalue weighted by Crippen LogP contribution is -2.49. The lowest BCUT2D eigenvalue weighted by Gasteiger charge is -2.23. The van der Waals surface area contributed by atoms with E-state index in [-0.39, 0.29) is 138 Å². The zero-order chi connectivity index (χ0) is 77.7. The van der Waals surface area contributed by atoms with E-state index >= 15 is 0 Å². The van der Waals surface area contributed by atoms with E-state index in [4.69, 9.17) is 14.6 Å². The number of carboxylic acids is 2. The van der Waals surface area contributed by atoms with Crippen molar-refractivity contribution in [1.82, 2.24) is 36.8 Å². The summed E-state index contributed by atoms with van der Waals surface area (Å²) >= 11 is 0. The number of rotatable bonds is 78. The number of hydrogen-bond acceptors (Lipinski definition) is 12. The molecule has 0 aliphatic carbocycles. The van der Waals surface area contributed by atoms with Crippen molar-refractivity contribution in [2.24, 2.45) is 23.7 Å². The van der Waals surface area contributed by atoms with Crippen LogP contribution < -0.4 is 31.9 Å². The number of aliphatic carboxylic acids is 2. The van der Waals surface area contributed by atoms with Gasteiger partial charge >= 0.3 is 11.9 Å². The molecule has 0 aromatic carbocycles. The van der Waals surface area contributed by atoms with E-state index < -0.39 is 41.8 Å². The quantitative estimate of drug-likeness (QED) is 0.0207. The van der Waals surface area contributed by atoms with Gasteiger partial charge in [0.05, 0.1) is 38.3 Å². The van der Waals surface area contributed by atoms with Gasteiger partial charge in [-0.3, -0.25) is 48.1 Å². The van der Waals surface area contributed by atoms with Crippen LogP contribution in [0.15, 0.2) is 0 Å². The van der Waals surface area contributed by atoms with Crippen LogP contribution in [0.2, 0.25) is 0 Å². The number of carbonyl (C=O) groups excluding carboxylic acids is 8. The molecule has 616 valence electrons. The molecule has 1 saturated heterocycles. The number of carboxylic acid groups (broad SMARTS) is 2. The summed E-state index contributed by atoms with van der Waals surface area (Å²) in [5.41, 5.74) is 0. The summed E-state index contributed by atoms with van der Waals surface area (Å²) in [6.45, 7) is 11.9. The van der Waals surface area contributed by atoms with Gasteiger partial charge in [-0.2, -0.15) is 0 Å². The van der Waals surface area contributed by atoms with E-state index in [0.717, 1.165) is 122 Å². The Balaban J connectivity index is 2.86. The Morgan fingerprint density at radius 1 is 0.377 bits per heavy atom. The molecule has 8 amide bonds. The molecule has 8 N–H and O–H groups in total. The molecule has 1 aliphatic heterocycles. The molecule has 106 heavy (non-hydrogen) atoms. The van der Waals surface area contributed by atoms with Crippen molar-refractivity contribution >= 4 is 59.2 Å². The van der Waals surface area contributed by atoms with Crippen LogP contribution in [-0.2, 0) is 57.4 Å². The molecule has 5 atom stereocenters. The summed E-state index contributed by atoms with van der Waals surface area (Å²) < 4.78 is 11.4. The molecule has 0 saturated carbocycles. The van der Waals surface area contributed by atoms with Crippen LogP contribution in [0.5, 0.6) is 0 Å². The fraction of sp³-hybridized carbons (Fsp3) is 0.882. The molecular weight excluding hydrogens is 1340 g/mol. The topological polar surface area (TPSA) is 305 Å².